The summed E-state index contributed by atoms with van der Waals surface area (Å²) in [6, 6.07) is 17.9. The van der Waals surface area contributed by atoms with Crippen LogP contribution in [0.5, 0.6) is 11.5 Å². The molecule has 5 aromatic rings. The molecule has 0 unspecified atom stereocenters. The zero-order chi connectivity index (χ0) is 22.7. The van der Waals surface area contributed by atoms with Crippen molar-refractivity contribution in [3.05, 3.63) is 83.7 Å². The highest BCUT2D eigenvalue weighted by Gasteiger charge is 2.42. The van der Waals surface area contributed by atoms with Crippen molar-refractivity contribution >= 4 is 44.3 Å². The van der Waals surface area contributed by atoms with Crippen molar-refractivity contribution in [2.45, 2.75) is 6.54 Å². The van der Waals surface area contributed by atoms with Crippen LogP contribution in [0.25, 0.3) is 31.6 Å². The number of thiophene rings is 1. The summed E-state index contributed by atoms with van der Waals surface area (Å²) in [5, 5.41) is 22.3. The van der Waals surface area contributed by atoms with Crippen LogP contribution < -0.4 is 0 Å². The number of nitrogens with zero attached hydrogens (tertiary/aromatic N) is 3. The number of phenols is 2. The number of carbonyl (C=O) groups is 2. The molecule has 0 spiro atoms. The van der Waals surface area contributed by atoms with Crippen LogP contribution in [-0.4, -0.2) is 36.9 Å². The number of hydrogen-bond acceptors (Lipinski definition) is 7. The number of hydrogen-bond donors (Lipinski definition) is 2. The third kappa shape index (κ3) is 2.88. The van der Waals surface area contributed by atoms with Crippen molar-refractivity contribution in [3.63, 3.8) is 0 Å². The van der Waals surface area contributed by atoms with E-state index in [0.717, 1.165) is 20.9 Å². The fraction of sp³-hybridized carbons (Fsp3) is 0.0400. The lowest BCUT2D eigenvalue weighted by Gasteiger charge is -2.14. The number of imide groups is 1. The topological polar surface area (TPSA) is 104 Å². The molecule has 0 atom stereocenters. The molecule has 3 aromatic carbocycles. The fourth-order valence-corrected chi connectivity index (χ4v) is 5.23. The molecule has 1 aliphatic rings. The van der Waals surface area contributed by atoms with Crippen LogP contribution in [0.3, 0.4) is 0 Å². The smallest absolute Gasteiger partial charge is 0.265 e. The number of aromatic hydroxyl groups is 2. The number of carbonyl (C=O) groups excluding carboxylic acids is 2. The van der Waals surface area contributed by atoms with Crippen molar-refractivity contribution in [2.75, 3.05) is 0 Å². The molecule has 33 heavy (non-hydrogen) atoms. The van der Waals surface area contributed by atoms with Gasteiger partial charge >= 0.3 is 0 Å². The Bertz CT molecular complexity index is 1510. The van der Waals surface area contributed by atoms with Crippen molar-refractivity contribution in [1.29, 1.82) is 0 Å². The highest BCUT2D eigenvalue weighted by atomic mass is 32.1. The van der Waals surface area contributed by atoms with E-state index in [9.17, 15) is 19.8 Å². The predicted molar refractivity (Wildman–Crippen MR) is 124 cm³/mol. The second kappa shape index (κ2) is 7.11. The average molecular weight is 453 g/mol. The molecule has 2 aromatic heterocycles. The quantitative estimate of drug-likeness (QED) is 0.303. The van der Waals surface area contributed by atoms with Crippen LogP contribution in [0.2, 0.25) is 0 Å². The first kappa shape index (κ1) is 19.4. The van der Waals surface area contributed by atoms with Gasteiger partial charge in [0.15, 0.2) is 11.5 Å². The predicted octanol–water partition coefficient (Wildman–Crippen LogP) is 4.72. The molecule has 8 heteroatoms. The van der Waals surface area contributed by atoms with Gasteiger partial charge in [0.1, 0.15) is 22.2 Å². The summed E-state index contributed by atoms with van der Waals surface area (Å²) in [4.78, 5) is 36.1. The molecule has 0 bridgehead atoms. The van der Waals surface area contributed by atoms with Crippen LogP contribution in [0.4, 0.5) is 0 Å². The van der Waals surface area contributed by atoms with E-state index in [2.05, 4.69) is 28.2 Å². The molecule has 1 aliphatic heterocycles. The highest BCUT2D eigenvalue weighted by Crippen LogP contribution is 2.42. The summed E-state index contributed by atoms with van der Waals surface area (Å²) in [5.74, 6) is -2.26. The Labute approximate surface area is 191 Å². The summed E-state index contributed by atoms with van der Waals surface area (Å²) in [6.07, 6.45) is 2.68. The zero-order valence-electron chi connectivity index (χ0n) is 17.0. The Hall–Kier alpha value is -4.30. The van der Waals surface area contributed by atoms with Gasteiger partial charge in [0.05, 0.1) is 6.54 Å². The van der Waals surface area contributed by atoms with E-state index < -0.39 is 23.3 Å². The molecule has 0 aliphatic carbocycles. The summed E-state index contributed by atoms with van der Waals surface area (Å²) < 4.78 is 1.21. The zero-order valence-corrected chi connectivity index (χ0v) is 17.8. The SMILES string of the molecule is O=C1c2c(c(O)c3nccnc3c2O)C(=O)N1Cc1ccc(-c2cc3ccccc3s2)cc1. The second-order valence-electron chi connectivity index (χ2n) is 7.74. The summed E-state index contributed by atoms with van der Waals surface area (Å²) in [7, 11) is 0. The van der Waals surface area contributed by atoms with Gasteiger partial charge in [-0.1, -0.05) is 42.5 Å². The Morgan fingerprint density at radius 1 is 0.818 bits per heavy atom. The largest absolute Gasteiger partial charge is 0.505 e. The van der Waals surface area contributed by atoms with E-state index in [1.54, 1.807) is 11.3 Å². The van der Waals surface area contributed by atoms with Crippen LogP contribution in [-0.2, 0) is 6.54 Å². The molecule has 3 heterocycles. The molecule has 0 saturated carbocycles. The van der Waals surface area contributed by atoms with Gasteiger partial charge in [-0.15, -0.1) is 11.3 Å². The van der Waals surface area contributed by atoms with Gasteiger partial charge in [0.25, 0.3) is 11.8 Å². The molecule has 2 amide bonds. The van der Waals surface area contributed by atoms with E-state index in [-0.39, 0.29) is 28.7 Å². The average Bonchev–Trinajstić information content (AvgIpc) is 3.38. The second-order valence-corrected chi connectivity index (χ2v) is 8.83. The number of rotatable bonds is 3. The lowest BCUT2D eigenvalue weighted by atomic mass is 10.1. The van der Waals surface area contributed by atoms with E-state index in [4.69, 9.17) is 0 Å². The van der Waals surface area contributed by atoms with Gasteiger partial charge in [-0.2, -0.15) is 0 Å². The van der Waals surface area contributed by atoms with E-state index in [1.165, 1.54) is 22.5 Å². The molecular formula is C25H15N3O4S. The van der Waals surface area contributed by atoms with Gasteiger partial charge in [-0.3, -0.25) is 14.5 Å². The third-order valence-electron chi connectivity index (χ3n) is 5.79. The number of aromatic nitrogens is 2. The molecule has 6 rings (SSSR count). The maximum absolute atomic E-state index is 13.0. The lowest BCUT2D eigenvalue weighted by Crippen LogP contribution is -2.29. The minimum atomic E-state index is -0.677. The summed E-state index contributed by atoms with van der Waals surface area (Å²) in [5.41, 5.74) is 1.25. The van der Waals surface area contributed by atoms with Gasteiger partial charge in [-0.25, -0.2) is 9.97 Å². The van der Waals surface area contributed by atoms with Crippen molar-refractivity contribution in [3.8, 4) is 21.9 Å². The minimum Gasteiger partial charge on any atom is -0.505 e. The first-order valence-corrected chi connectivity index (χ1v) is 11.0. The van der Waals surface area contributed by atoms with Gasteiger partial charge in [0, 0.05) is 22.0 Å². The fourth-order valence-electron chi connectivity index (χ4n) is 4.16. The van der Waals surface area contributed by atoms with E-state index >= 15 is 0 Å². The molecule has 0 saturated heterocycles. The van der Waals surface area contributed by atoms with Crippen LogP contribution in [0.15, 0.2) is 67.0 Å². The van der Waals surface area contributed by atoms with Gasteiger partial charge < -0.3 is 10.2 Å². The minimum absolute atomic E-state index is 0.00905. The maximum atomic E-state index is 13.0. The van der Waals surface area contributed by atoms with Gasteiger partial charge in [0.2, 0.25) is 0 Å². The molecule has 160 valence electrons. The van der Waals surface area contributed by atoms with Crippen LogP contribution in [0, 0.1) is 0 Å². The van der Waals surface area contributed by atoms with E-state index in [0.29, 0.717) is 0 Å². The molecule has 2 N–H and O–H groups in total. The molecule has 7 nitrogen and oxygen atoms in total. The molecule has 0 fully saturated rings. The normalized spacial score (nSPS) is 13.3. The first-order chi connectivity index (χ1) is 16.0. The van der Waals surface area contributed by atoms with Crippen molar-refractivity contribution in [2.24, 2.45) is 0 Å². The maximum Gasteiger partial charge on any atom is 0.265 e. The Morgan fingerprint density at radius 3 is 2.03 bits per heavy atom. The van der Waals surface area contributed by atoms with Crippen LogP contribution in [0.1, 0.15) is 26.3 Å². The molecule has 0 radical (unpaired) electrons. The number of phenolic OH excluding ortho intramolecular Hbond substituents is 2. The highest BCUT2D eigenvalue weighted by molar-refractivity contribution is 7.22. The van der Waals surface area contributed by atoms with Crippen molar-refractivity contribution in [1.82, 2.24) is 14.9 Å². The summed E-state index contributed by atoms with van der Waals surface area (Å²) >= 11 is 1.70. The lowest BCUT2D eigenvalue weighted by molar-refractivity contribution is 0.0641. The Kier molecular flexibility index (Phi) is 4.18. The molecular weight excluding hydrogens is 438 g/mol. The Balaban J connectivity index is 1.32. The van der Waals surface area contributed by atoms with E-state index in [1.807, 2.05) is 36.4 Å². The van der Waals surface area contributed by atoms with Gasteiger partial charge in [-0.05, 0) is 28.6 Å². The van der Waals surface area contributed by atoms with Crippen molar-refractivity contribution < 1.29 is 19.8 Å². The summed E-state index contributed by atoms with van der Waals surface area (Å²) in [6.45, 7) is 0.00905. The Morgan fingerprint density at radius 2 is 1.42 bits per heavy atom. The number of amides is 2. The number of benzene rings is 3. The standard InChI is InChI=1S/C25H15N3O4S/c29-22-18-19(23(30)21-20(22)26-9-10-27-21)25(32)28(24(18)31)12-13-5-7-14(8-6-13)17-11-15-3-1-2-4-16(15)33-17/h1-11,29-30H,12H2. The first-order valence-electron chi connectivity index (χ1n) is 10.2. The number of fused-ring (bicyclic) bond motifs is 3. The monoisotopic (exact) mass is 453 g/mol. The third-order valence-corrected chi connectivity index (χ3v) is 6.96. The van der Waals surface area contributed by atoms with Crippen LogP contribution >= 0.6 is 11.3 Å².